The number of hydrogen-bond acceptors (Lipinski definition) is 3. The number of rotatable bonds is 5. The second-order valence-electron chi connectivity index (χ2n) is 5.72. The monoisotopic (exact) mass is 240 g/mol. The highest BCUT2D eigenvalue weighted by molar-refractivity contribution is 4.91. The first-order valence-electron chi connectivity index (χ1n) is 7.36. The van der Waals surface area contributed by atoms with Crippen molar-refractivity contribution in [1.29, 1.82) is 0 Å². The fourth-order valence-corrected chi connectivity index (χ4v) is 3.21. The largest absolute Gasteiger partial charge is 0.379 e. The molecule has 0 aromatic rings. The number of nitrogens with zero attached hydrogens (tertiary/aromatic N) is 1. The van der Waals surface area contributed by atoms with E-state index < -0.39 is 0 Å². The van der Waals surface area contributed by atoms with E-state index in [0.717, 1.165) is 18.7 Å². The maximum absolute atomic E-state index is 5.63. The molecule has 2 rings (SSSR count). The Morgan fingerprint density at radius 3 is 2.94 bits per heavy atom. The summed E-state index contributed by atoms with van der Waals surface area (Å²) in [6.45, 7) is 8.76. The van der Waals surface area contributed by atoms with Gasteiger partial charge in [0.05, 0.1) is 6.10 Å². The SMILES string of the molecule is CC(C)OCCCN1CCN[C@H]2CCCC[C@H]21. The van der Waals surface area contributed by atoms with Gasteiger partial charge in [-0.15, -0.1) is 0 Å². The van der Waals surface area contributed by atoms with Crippen molar-refractivity contribution in [3.63, 3.8) is 0 Å². The molecule has 0 unspecified atom stereocenters. The fourth-order valence-electron chi connectivity index (χ4n) is 3.21. The standard InChI is InChI=1S/C14H28N2O/c1-12(2)17-11-5-9-16-10-8-15-13-6-3-4-7-14(13)16/h12-15H,3-11H2,1-2H3/t13-,14+/m0/s1. The molecule has 3 heteroatoms. The van der Waals surface area contributed by atoms with E-state index in [-0.39, 0.29) is 0 Å². The van der Waals surface area contributed by atoms with Crippen LogP contribution >= 0.6 is 0 Å². The zero-order chi connectivity index (χ0) is 12.1. The Morgan fingerprint density at radius 2 is 2.12 bits per heavy atom. The Labute approximate surface area is 106 Å². The predicted octanol–water partition coefficient (Wildman–Crippen LogP) is 2.02. The van der Waals surface area contributed by atoms with E-state index in [4.69, 9.17) is 4.74 Å². The topological polar surface area (TPSA) is 24.5 Å². The van der Waals surface area contributed by atoms with Crippen molar-refractivity contribution in [3.05, 3.63) is 0 Å². The van der Waals surface area contributed by atoms with Crippen LogP contribution in [0, 0.1) is 0 Å². The van der Waals surface area contributed by atoms with Crippen LogP contribution in [0.4, 0.5) is 0 Å². The summed E-state index contributed by atoms with van der Waals surface area (Å²) >= 11 is 0. The van der Waals surface area contributed by atoms with E-state index in [0.29, 0.717) is 6.10 Å². The highest BCUT2D eigenvalue weighted by Gasteiger charge is 2.32. The first-order chi connectivity index (χ1) is 8.27. The molecule has 0 spiro atoms. The van der Waals surface area contributed by atoms with Gasteiger partial charge in [0.25, 0.3) is 0 Å². The molecule has 1 saturated carbocycles. The van der Waals surface area contributed by atoms with Gasteiger partial charge in [0, 0.05) is 38.3 Å². The van der Waals surface area contributed by atoms with Crippen LogP contribution in [0.5, 0.6) is 0 Å². The van der Waals surface area contributed by atoms with Crippen molar-refractivity contribution >= 4 is 0 Å². The van der Waals surface area contributed by atoms with Crippen molar-refractivity contribution in [1.82, 2.24) is 10.2 Å². The van der Waals surface area contributed by atoms with Crippen LogP contribution in [-0.4, -0.2) is 49.3 Å². The highest BCUT2D eigenvalue weighted by atomic mass is 16.5. The Hall–Kier alpha value is -0.120. The molecule has 1 aliphatic carbocycles. The third kappa shape index (κ3) is 3.94. The summed E-state index contributed by atoms with van der Waals surface area (Å²) in [5.74, 6) is 0. The molecule has 17 heavy (non-hydrogen) atoms. The molecule has 0 radical (unpaired) electrons. The van der Waals surface area contributed by atoms with Crippen LogP contribution in [0.3, 0.4) is 0 Å². The summed E-state index contributed by atoms with van der Waals surface area (Å²) < 4.78 is 5.63. The highest BCUT2D eigenvalue weighted by Crippen LogP contribution is 2.25. The molecule has 0 bridgehead atoms. The first kappa shape index (κ1) is 13.3. The van der Waals surface area contributed by atoms with E-state index in [9.17, 15) is 0 Å². The fraction of sp³-hybridized carbons (Fsp3) is 1.00. The van der Waals surface area contributed by atoms with Crippen LogP contribution in [0.1, 0.15) is 46.0 Å². The van der Waals surface area contributed by atoms with Crippen molar-refractivity contribution in [2.75, 3.05) is 26.2 Å². The van der Waals surface area contributed by atoms with Crippen LogP contribution < -0.4 is 5.32 Å². The molecule has 2 atom stereocenters. The third-order valence-electron chi connectivity index (χ3n) is 4.04. The maximum atomic E-state index is 5.63. The minimum absolute atomic E-state index is 0.375. The number of ether oxygens (including phenoxy) is 1. The lowest BCUT2D eigenvalue weighted by Gasteiger charge is -2.44. The second kappa shape index (κ2) is 6.72. The lowest BCUT2D eigenvalue weighted by Crippen LogP contribution is -2.59. The van der Waals surface area contributed by atoms with Crippen molar-refractivity contribution in [2.45, 2.75) is 64.1 Å². The Kier molecular flexibility index (Phi) is 5.26. The number of hydrogen-bond donors (Lipinski definition) is 1. The van der Waals surface area contributed by atoms with Crippen LogP contribution in [0.25, 0.3) is 0 Å². The molecule has 1 saturated heterocycles. The van der Waals surface area contributed by atoms with Gasteiger partial charge in [-0.2, -0.15) is 0 Å². The average Bonchev–Trinajstić information content (AvgIpc) is 2.34. The predicted molar refractivity (Wildman–Crippen MR) is 71.3 cm³/mol. The summed E-state index contributed by atoms with van der Waals surface area (Å²) in [5.41, 5.74) is 0. The van der Waals surface area contributed by atoms with Gasteiger partial charge in [0.1, 0.15) is 0 Å². The summed E-state index contributed by atoms with van der Waals surface area (Å²) in [6, 6.07) is 1.57. The van der Waals surface area contributed by atoms with Crippen molar-refractivity contribution < 1.29 is 4.74 Å². The Bertz CT molecular complexity index is 218. The molecule has 100 valence electrons. The molecule has 0 amide bonds. The summed E-state index contributed by atoms with van der Waals surface area (Å²) in [6.07, 6.45) is 7.16. The molecule has 1 heterocycles. The van der Waals surface area contributed by atoms with Crippen LogP contribution in [0.2, 0.25) is 0 Å². The van der Waals surface area contributed by atoms with Crippen molar-refractivity contribution in [3.8, 4) is 0 Å². The molecule has 0 aromatic carbocycles. The first-order valence-corrected chi connectivity index (χ1v) is 7.36. The second-order valence-corrected chi connectivity index (χ2v) is 5.72. The minimum Gasteiger partial charge on any atom is -0.379 e. The van der Waals surface area contributed by atoms with Gasteiger partial charge >= 0.3 is 0 Å². The quantitative estimate of drug-likeness (QED) is 0.744. The van der Waals surface area contributed by atoms with Gasteiger partial charge in [0.2, 0.25) is 0 Å². The average molecular weight is 240 g/mol. The van der Waals surface area contributed by atoms with Gasteiger partial charge in [0.15, 0.2) is 0 Å². The van der Waals surface area contributed by atoms with Gasteiger partial charge in [-0.1, -0.05) is 12.8 Å². The summed E-state index contributed by atoms with van der Waals surface area (Å²) in [5, 5.41) is 3.69. The third-order valence-corrected chi connectivity index (χ3v) is 4.04. The number of fused-ring (bicyclic) bond motifs is 1. The van der Waals surface area contributed by atoms with Gasteiger partial charge < -0.3 is 10.1 Å². The smallest absolute Gasteiger partial charge is 0.0518 e. The molecule has 0 aromatic heterocycles. The van der Waals surface area contributed by atoms with Gasteiger partial charge in [-0.05, 0) is 33.1 Å². The summed E-state index contributed by atoms with van der Waals surface area (Å²) in [7, 11) is 0. The molecule has 1 aliphatic heterocycles. The molecular formula is C14H28N2O. The zero-order valence-corrected chi connectivity index (χ0v) is 11.5. The summed E-state index contributed by atoms with van der Waals surface area (Å²) in [4.78, 5) is 2.70. The molecular weight excluding hydrogens is 212 g/mol. The lowest BCUT2D eigenvalue weighted by molar-refractivity contribution is 0.0497. The lowest BCUT2D eigenvalue weighted by atomic mass is 9.87. The van der Waals surface area contributed by atoms with Crippen LogP contribution in [-0.2, 0) is 4.74 Å². The van der Waals surface area contributed by atoms with E-state index in [1.807, 2.05) is 0 Å². The molecule has 2 aliphatic rings. The maximum Gasteiger partial charge on any atom is 0.0518 e. The zero-order valence-electron chi connectivity index (χ0n) is 11.5. The van der Waals surface area contributed by atoms with Crippen molar-refractivity contribution in [2.24, 2.45) is 0 Å². The van der Waals surface area contributed by atoms with Gasteiger partial charge in [-0.3, -0.25) is 4.90 Å². The van der Waals surface area contributed by atoms with E-state index >= 15 is 0 Å². The number of piperazine rings is 1. The number of nitrogens with one attached hydrogen (secondary N) is 1. The Morgan fingerprint density at radius 1 is 1.29 bits per heavy atom. The van der Waals surface area contributed by atoms with E-state index in [2.05, 4.69) is 24.1 Å². The van der Waals surface area contributed by atoms with E-state index in [1.165, 1.54) is 51.7 Å². The Balaban J connectivity index is 1.71. The minimum atomic E-state index is 0.375. The van der Waals surface area contributed by atoms with Gasteiger partial charge in [-0.25, -0.2) is 0 Å². The normalized spacial score (nSPS) is 30.5. The van der Waals surface area contributed by atoms with E-state index in [1.54, 1.807) is 0 Å². The molecule has 1 N–H and O–H groups in total. The molecule has 3 nitrogen and oxygen atoms in total. The molecule has 2 fully saturated rings. The van der Waals surface area contributed by atoms with Crippen LogP contribution in [0.15, 0.2) is 0 Å².